The highest BCUT2D eigenvalue weighted by Crippen LogP contribution is 2.49. The van der Waals surface area contributed by atoms with Crippen molar-refractivity contribution in [2.24, 2.45) is 0 Å². The van der Waals surface area contributed by atoms with Gasteiger partial charge in [0.25, 0.3) is 5.91 Å². The number of anilines is 1. The number of carbonyl (C=O) groups is 3. The van der Waals surface area contributed by atoms with Crippen LogP contribution in [0.5, 0.6) is 0 Å². The van der Waals surface area contributed by atoms with E-state index in [1.807, 2.05) is 0 Å². The van der Waals surface area contributed by atoms with E-state index in [9.17, 15) is 27.6 Å². The molecular weight excluding hydrogens is 484 g/mol. The minimum absolute atomic E-state index is 0.0908. The standard InChI is InChI=1S/C23H20F4N6O3/c24-15-2-1-3-16-18(15)22(21(36)33(16)11-17(34)29-12-23(25,26)27)4-6-32(7-5-22)20(35)14-8-13-10-30-31-19(13)28-9-14/h1-3,8-10H,4-7,11-12H2,(H,29,34)(H,28,30,31). The molecule has 0 atom stereocenters. The molecule has 0 unspecified atom stereocenters. The first-order chi connectivity index (χ1) is 17.1. The number of carbonyl (C=O) groups excluding carboxylic acids is 3. The summed E-state index contributed by atoms with van der Waals surface area (Å²) in [5.74, 6) is -2.53. The lowest BCUT2D eigenvalue weighted by Gasteiger charge is -2.38. The fourth-order valence-electron chi connectivity index (χ4n) is 4.93. The summed E-state index contributed by atoms with van der Waals surface area (Å²) in [7, 11) is 0. The van der Waals surface area contributed by atoms with Crippen LogP contribution in [0.4, 0.5) is 23.2 Å². The number of alkyl halides is 3. The van der Waals surface area contributed by atoms with Gasteiger partial charge in [-0.15, -0.1) is 0 Å². The van der Waals surface area contributed by atoms with Crippen molar-refractivity contribution in [2.75, 3.05) is 31.1 Å². The van der Waals surface area contributed by atoms with Gasteiger partial charge >= 0.3 is 6.18 Å². The molecule has 1 saturated heterocycles. The number of pyridine rings is 1. The smallest absolute Gasteiger partial charge is 0.345 e. The van der Waals surface area contributed by atoms with E-state index in [4.69, 9.17) is 0 Å². The summed E-state index contributed by atoms with van der Waals surface area (Å²) in [6.45, 7) is -1.94. The molecule has 9 nitrogen and oxygen atoms in total. The van der Waals surface area contributed by atoms with Crippen molar-refractivity contribution in [1.82, 2.24) is 25.4 Å². The zero-order valence-corrected chi connectivity index (χ0v) is 18.7. The molecule has 36 heavy (non-hydrogen) atoms. The lowest BCUT2D eigenvalue weighted by atomic mass is 9.73. The lowest BCUT2D eigenvalue weighted by molar-refractivity contribution is -0.138. The summed E-state index contributed by atoms with van der Waals surface area (Å²) in [5, 5.41) is 8.98. The van der Waals surface area contributed by atoms with Crippen molar-refractivity contribution in [3.8, 4) is 0 Å². The third-order valence-electron chi connectivity index (χ3n) is 6.65. The van der Waals surface area contributed by atoms with Crippen molar-refractivity contribution in [2.45, 2.75) is 24.4 Å². The number of amides is 3. The molecule has 5 rings (SSSR count). The number of piperidine rings is 1. The molecule has 2 aromatic heterocycles. The first-order valence-electron chi connectivity index (χ1n) is 11.1. The van der Waals surface area contributed by atoms with E-state index in [0.717, 1.165) is 4.90 Å². The molecule has 3 amide bonds. The molecule has 1 spiro atoms. The average Bonchev–Trinajstić information content (AvgIpc) is 3.40. The van der Waals surface area contributed by atoms with E-state index in [1.165, 1.54) is 24.4 Å². The number of aromatic amines is 1. The van der Waals surface area contributed by atoms with Gasteiger partial charge in [0, 0.05) is 30.2 Å². The Hall–Kier alpha value is -4.03. The van der Waals surface area contributed by atoms with Crippen LogP contribution >= 0.6 is 0 Å². The van der Waals surface area contributed by atoms with Crippen LogP contribution in [0.1, 0.15) is 28.8 Å². The molecule has 2 aliphatic heterocycles. The Kier molecular flexibility index (Phi) is 5.64. The second-order valence-electron chi connectivity index (χ2n) is 8.82. The molecule has 3 aromatic rings. The van der Waals surface area contributed by atoms with Crippen LogP contribution < -0.4 is 10.2 Å². The fraction of sp³-hybridized carbons (Fsp3) is 0.348. The molecular formula is C23H20F4N6O3. The van der Waals surface area contributed by atoms with Gasteiger partial charge < -0.3 is 15.1 Å². The molecule has 2 N–H and O–H groups in total. The molecule has 13 heteroatoms. The van der Waals surface area contributed by atoms with E-state index < -0.39 is 42.3 Å². The predicted octanol–water partition coefficient (Wildman–Crippen LogP) is 2.30. The molecule has 1 aromatic carbocycles. The number of nitrogens with zero attached hydrogens (tertiary/aromatic N) is 4. The Labute approximate surface area is 201 Å². The summed E-state index contributed by atoms with van der Waals surface area (Å²) in [6, 6.07) is 5.68. The zero-order valence-electron chi connectivity index (χ0n) is 18.7. The van der Waals surface area contributed by atoms with Crippen LogP contribution in [0.2, 0.25) is 0 Å². The van der Waals surface area contributed by atoms with Crippen LogP contribution in [0.25, 0.3) is 11.0 Å². The van der Waals surface area contributed by atoms with Crippen LogP contribution in [0.15, 0.2) is 36.7 Å². The maximum atomic E-state index is 15.0. The van der Waals surface area contributed by atoms with Crippen molar-refractivity contribution in [3.63, 3.8) is 0 Å². The van der Waals surface area contributed by atoms with Crippen LogP contribution in [0.3, 0.4) is 0 Å². The first kappa shape index (κ1) is 23.7. The van der Waals surface area contributed by atoms with Gasteiger partial charge in [-0.25, -0.2) is 9.37 Å². The van der Waals surface area contributed by atoms with Gasteiger partial charge in [0.2, 0.25) is 11.8 Å². The number of likely N-dealkylation sites (tertiary alicyclic amines) is 1. The van der Waals surface area contributed by atoms with Gasteiger partial charge in [-0.1, -0.05) is 6.07 Å². The second-order valence-corrected chi connectivity index (χ2v) is 8.82. The average molecular weight is 504 g/mol. The van der Waals surface area contributed by atoms with Crippen LogP contribution in [-0.2, 0) is 15.0 Å². The minimum Gasteiger partial charge on any atom is -0.345 e. The van der Waals surface area contributed by atoms with Gasteiger partial charge in [-0.2, -0.15) is 18.3 Å². The Balaban J connectivity index is 1.36. The highest BCUT2D eigenvalue weighted by molar-refractivity contribution is 6.11. The van der Waals surface area contributed by atoms with Crippen molar-refractivity contribution in [1.29, 1.82) is 0 Å². The fourth-order valence-corrected chi connectivity index (χ4v) is 4.93. The van der Waals surface area contributed by atoms with Crippen molar-refractivity contribution < 1.29 is 31.9 Å². The second kappa shape index (κ2) is 8.57. The van der Waals surface area contributed by atoms with E-state index in [1.54, 1.807) is 22.5 Å². The molecule has 0 saturated carbocycles. The molecule has 4 heterocycles. The third-order valence-corrected chi connectivity index (χ3v) is 6.65. The van der Waals surface area contributed by atoms with E-state index in [-0.39, 0.29) is 43.1 Å². The van der Waals surface area contributed by atoms with Gasteiger partial charge in [-0.05, 0) is 31.0 Å². The minimum atomic E-state index is -4.60. The molecule has 1 fully saturated rings. The Morgan fingerprint density at radius 2 is 1.92 bits per heavy atom. The predicted molar refractivity (Wildman–Crippen MR) is 119 cm³/mol. The topological polar surface area (TPSA) is 111 Å². The summed E-state index contributed by atoms with van der Waals surface area (Å²) in [4.78, 5) is 45.5. The van der Waals surface area contributed by atoms with Gasteiger partial charge in [0.1, 0.15) is 18.9 Å². The number of halogens is 4. The quantitative estimate of drug-likeness (QED) is 0.530. The number of nitrogens with one attached hydrogen (secondary N) is 2. The maximum Gasteiger partial charge on any atom is 0.405 e. The monoisotopic (exact) mass is 504 g/mol. The van der Waals surface area contributed by atoms with Gasteiger partial charge in [-0.3, -0.25) is 19.5 Å². The largest absolute Gasteiger partial charge is 0.405 e. The number of rotatable bonds is 4. The number of H-pyrrole nitrogens is 1. The molecule has 188 valence electrons. The molecule has 0 bridgehead atoms. The molecule has 0 radical (unpaired) electrons. The number of hydrogen-bond acceptors (Lipinski definition) is 5. The van der Waals surface area contributed by atoms with Crippen molar-refractivity contribution in [3.05, 3.63) is 53.6 Å². The van der Waals surface area contributed by atoms with E-state index >= 15 is 4.39 Å². The molecule has 2 aliphatic rings. The van der Waals surface area contributed by atoms with E-state index in [2.05, 4.69) is 15.2 Å². The number of benzene rings is 1. The van der Waals surface area contributed by atoms with Crippen LogP contribution in [0, 0.1) is 5.82 Å². The first-order valence-corrected chi connectivity index (χ1v) is 11.1. The van der Waals surface area contributed by atoms with Crippen LogP contribution in [-0.4, -0.2) is 70.2 Å². The summed E-state index contributed by atoms with van der Waals surface area (Å²) in [5.41, 5.74) is -0.197. The van der Waals surface area contributed by atoms with Gasteiger partial charge in [0.15, 0.2) is 5.65 Å². The number of hydrogen-bond donors (Lipinski definition) is 2. The molecule has 0 aliphatic carbocycles. The highest BCUT2D eigenvalue weighted by Gasteiger charge is 2.54. The van der Waals surface area contributed by atoms with Crippen molar-refractivity contribution >= 4 is 34.4 Å². The van der Waals surface area contributed by atoms with E-state index in [0.29, 0.717) is 16.6 Å². The third kappa shape index (κ3) is 4.03. The Morgan fingerprint density at radius 3 is 2.64 bits per heavy atom. The zero-order chi connectivity index (χ0) is 25.7. The Bertz CT molecular complexity index is 1360. The lowest BCUT2D eigenvalue weighted by Crippen LogP contribution is -2.51. The SMILES string of the molecule is O=C(CN1C(=O)C2(CCN(C(=O)c3cnc4[nH]ncc4c3)CC2)c2c(F)cccc21)NCC(F)(F)F. The normalized spacial score (nSPS) is 17.1. The Morgan fingerprint density at radius 1 is 1.17 bits per heavy atom. The number of aromatic nitrogens is 3. The summed E-state index contributed by atoms with van der Waals surface area (Å²) < 4.78 is 52.5. The summed E-state index contributed by atoms with van der Waals surface area (Å²) >= 11 is 0. The van der Waals surface area contributed by atoms with Gasteiger partial charge in [0.05, 0.1) is 22.9 Å². The summed E-state index contributed by atoms with van der Waals surface area (Å²) in [6.07, 6.45) is -1.46. The maximum absolute atomic E-state index is 15.0. The highest BCUT2D eigenvalue weighted by atomic mass is 19.4. The number of fused-ring (bicyclic) bond motifs is 3.